The third-order valence-electron chi connectivity index (χ3n) is 2.25. The zero-order valence-corrected chi connectivity index (χ0v) is 7.74. The Kier molecular flexibility index (Phi) is 2.15. The zero-order valence-electron chi connectivity index (χ0n) is 7.74. The van der Waals surface area contributed by atoms with E-state index in [1.807, 2.05) is 0 Å². The summed E-state index contributed by atoms with van der Waals surface area (Å²) in [5, 5.41) is 19.9. The second kappa shape index (κ2) is 3.34. The van der Waals surface area contributed by atoms with Crippen LogP contribution in [0.2, 0.25) is 0 Å². The number of nitro benzene ring substituents is 1. The van der Waals surface area contributed by atoms with Crippen molar-refractivity contribution in [1.82, 2.24) is 0 Å². The van der Waals surface area contributed by atoms with Gasteiger partial charge in [0.15, 0.2) is 0 Å². The maximum atomic E-state index is 13.2. The van der Waals surface area contributed by atoms with Gasteiger partial charge in [-0.05, 0) is 30.5 Å². The summed E-state index contributed by atoms with van der Waals surface area (Å²) in [6, 6.07) is 3.39. The number of hydrogen-bond acceptors (Lipinski definition) is 3. The lowest BCUT2D eigenvalue weighted by Crippen LogP contribution is -1.94. The molecule has 0 aliphatic heterocycles. The summed E-state index contributed by atoms with van der Waals surface area (Å²) >= 11 is 0. The summed E-state index contributed by atoms with van der Waals surface area (Å²) in [6.07, 6.45) is 1.62. The normalized spacial score (nSPS) is 13.8. The average molecular weight is 209 g/mol. The van der Waals surface area contributed by atoms with Crippen LogP contribution in [0.25, 0.3) is 5.76 Å². The van der Waals surface area contributed by atoms with Crippen molar-refractivity contribution in [3.05, 3.63) is 45.3 Å². The first-order valence-corrected chi connectivity index (χ1v) is 4.45. The van der Waals surface area contributed by atoms with Gasteiger partial charge in [-0.25, -0.2) is 0 Å². The average Bonchev–Trinajstić information content (AvgIpc) is 2.99. The van der Waals surface area contributed by atoms with Crippen LogP contribution in [0.4, 0.5) is 10.1 Å². The van der Waals surface area contributed by atoms with Crippen LogP contribution in [-0.4, -0.2) is 10.0 Å². The summed E-state index contributed by atoms with van der Waals surface area (Å²) < 4.78 is 13.2. The SMILES string of the molecule is O=[N+]([O-])c1ccc(C(O)=C2CC2)cc1F. The Morgan fingerprint density at radius 3 is 2.60 bits per heavy atom. The topological polar surface area (TPSA) is 63.4 Å². The van der Waals surface area contributed by atoms with Crippen LogP contribution in [0.1, 0.15) is 18.4 Å². The molecule has 0 heterocycles. The van der Waals surface area contributed by atoms with Crippen LogP contribution in [0.15, 0.2) is 23.8 Å². The molecule has 1 aromatic carbocycles. The third-order valence-corrected chi connectivity index (χ3v) is 2.25. The van der Waals surface area contributed by atoms with Crippen molar-refractivity contribution in [2.75, 3.05) is 0 Å². The highest BCUT2D eigenvalue weighted by Gasteiger charge is 2.21. The number of hydrogen-bond donors (Lipinski definition) is 1. The quantitative estimate of drug-likeness (QED) is 0.462. The smallest absolute Gasteiger partial charge is 0.304 e. The Labute approximate surface area is 84.8 Å². The van der Waals surface area contributed by atoms with E-state index in [-0.39, 0.29) is 5.76 Å². The molecular formula is C10H8FNO3. The second-order valence-electron chi connectivity index (χ2n) is 3.38. The van der Waals surface area contributed by atoms with Gasteiger partial charge in [-0.1, -0.05) is 0 Å². The molecule has 1 saturated carbocycles. The molecule has 1 aliphatic rings. The van der Waals surface area contributed by atoms with Crippen LogP contribution in [0, 0.1) is 15.9 Å². The molecular weight excluding hydrogens is 201 g/mol. The Bertz CT molecular complexity index is 462. The van der Waals surface area contributed by atoms with Crippen molar-refractivity contribution < 1.29 is 14.4 Å². The predicted octanol–water partition coefficient (Wildman–Crippen LogP) is 2.80. The highest BCUT2D eigenvalue weighted by atomic mass is 19.1. The Balaban J connectivity index is 2.41. The lowest BCUT2D eigenvalue weighted by molar-refractivity contribution is -0.387. The van der Waals surface area contributed by atoms with Crippen molar-refractivity contribution in [3.63, 3.8) is 0 Å². The van der Waals surface area contributed by atoms with E-state index in [9.17, 15) is 19.6 Å². The lowest BCUT2D eigenvalue weighted by Gasteiger charge is -2.00. The van der Waals surface area contributed by atoms with E-state index in [2.05, 4.69) is 0 Å². The lowest BCUT2D eigenvalue weighted by atomic mass is 10.1. The molecule has 2 rings (SSSR count). The fourth-order valence-electron chi connectivity index (χ4n) is 1.31. The maximum absolute atomic E-state index is 13.2. The van der Waals surface area contributed by atoms with Crippen LogP contribution >= 0.6 is 0 Å². The van der Waals surface area contributed by atoms with Gasteiger partial charge < -0.3 is 5.11 Å². The molecule has 1 aliphatic carbocycles. The van der Waals surface area contributed by atoms with Gasteiger partial charge in [0, 0.05) is 11.6 Å². The largest absolute Gasteiger partial charge is 0.507 e. The molecule has 0 amide bonds. The molecule has 0 atom stereocenters. The minimum atomic E-state index is -0.926. The first-order chi connectivity index (χ1) is 7.09. The minimum Gasteiger partial charge on any atom is -0.507 e. The van der Waals surface area contributed by atoms with Crippen LogP contribution in [0.3, 0.4) is 0 Å². The predicted molar refractivity (Wildman–Crippen MR) is 51.8 cm³/mol. The first kappa shape index (κ1) is 9.64. The zero-order chi connectivity index (χ0) is 11.0. The first-order valence-electron chi connectivity index (χ1n) is 4.45. The van der Waals surface area contributed by atoms with Crippen molar-refractivity contribution in [2.45, 2.75) is 12.8 Å². The molecule has 0 bridgehead atoms. The van der Waals surface area contributed by atoms with E-state index >= 15 is 0 Å². The molecule has 1 fully saturated rings. The molecule has 0 radical (unpaired) electrons. The molecule has 1 N–H and O–H groups in total. The van der Waals surface area contributed by atoms with Crippen molar-refractivity contribution in [2.24, 2.45) is 0 Å². The van der Waals surface area contributed by atoms with Crippen LogP contribution in [-0.2, 0) is 0 Å². The Morgan fingerprint density at radius 1 is 1.47 bits per heavy atom. The van der Waals surface area contributed by atoms with Gasteiger partial charge in [0.05, 0.1) is 4.92 Å². The number of aliphatic hydroxyl groups is 1. The molecule has 0 spiro atoms. The molecule has 78 valence electrons. The van der Waals surface area contributed by atoms with Gasteiger partial charge in [0.1, 0.15) is 5.76 Å². The van der Waals surface area contributed by atoms with Gasteiger partial charge >= 0.3 is 5.69 Å². The molecule has 0 unspecified atom stereocenters. The number of allylic oxidation sites excluding steroid dienone is 1. The number of nitrogens with zero attached hydrogens (tertiary/aromatic N) is 1. The summed E-state index contributed by atoms with van der Waals surface area (Å²) in [5.41, 5.74) is 0.584. The Morgan fingerprint density at radius 2 is 2.13 bits per heavy atom. The van der Waals surface area contributed by atoms with Gasteiger partial charge in [-0.2, -0.15) is 4.39 Å². The fourth-order valence-corrected chi connectivity index (χ4v) is 1.31. The Hall–Kier alpha value is -1.91. The summed E-state index contributed by atoms with van der Waals surface area (Å²) in [7, 11) is 0. The maximum Gasteiger partial charge on any atom is 0.304 e. The van der Waals surface area contributed by atoms with Crippen LogP contribution in [0.5, 0.6) is 0 Å². The van der Waals surface area contributed by atoms with E-state index in [4.69, 9.17) is 0 Å². The van der Waals surface area contributed by atoms with E-state index in [1.165, 1.54) is 6.07 Å². The van der Waals surface area contributed by atoms with Crippen LogP contribution < -0.4 is 0 Å². The summed E-state index contributed by atoms with van der Waals surface area (Å²) in [5.74, 6) is -0.880. The van der Waals surface area contributed by atoms with E-state index in [0.717, 1.165) is 30.5 Å². The molecule has 4 nitrogen and oxygen atoms in total. The molecule has 15 heavy (non-hydrogen) atoms. The standard InChI is InChI=1S/C10H8FNO3/c11-8-5-7(10(13)6-1-2-6)3-4-9(8)12(14)15/h3-5,13H,1-2H2. The van der Waals surface area contributed by atoms with Crippen molar-refractivity contribution in [1.29, 1.82) is 0 Å². The van der Waals surface area contributed by atoms with Gasteiger partial charge in [0.25, 0.3) is 0 Å². The highest BCUT2D eigenvalue weighted by molar-refractivity contribution is 5.65. The molecule has 1 aromatic rings. The summed E-state index contributed by atoms with van der Waals surface area (Å²) in [4.78, 5) is 9.55. The third kappa shape index (κ3) is 1.81. The van der Waals surface area contributed by atoms with Gasteiger partial charge in [-0.3, -0.25) is 10.1 Å². The second-order valence-corrected chi connectivity index (χ2v) is 3.38. The van der Waals surface area contributed by atoms with E-state index in [1.54, 1.807) is 0 Å². The highest BCUT2D eigenvalue weighted by Crippen LogP contribution is 2.35. The molecule has 0 saturated heterocycles. The number of halogens is 1. The minimum absolute atomic E-state index is 0.0452. The number of rotatable bonds is 2. The van der Waals surface area contributed by atoms with Gasteiger partial charge in [0.2, 0.25) is 5.82 Å². The van der Waals surface area contributed by atoms with Crippen molar-refractivity contribution >= 4 is 11.4 Å². The summed E-state index contributed by atoms with van der Waals surface area (Å²) in [6.45, 7) is 0. The van der Waals surface area contributed by atoms with Gasteiger partial charge in [-0.15, -0.1) is 0 Å². The number of aliphatic hydroxyl groups excluding tert-OH is 1. The van der Waals surface area contributed by atoms with E-state index < -0.39 is 16.4 Å². The fraction of sp³-hybridized carbons (Fsp3) is 0.200. The number of nitro groups is 1. The number of benzene rings is 1. The molecule has 5 heteroatoms. The monoisotopic (exact) mass is 209 g/mol. The molecule has 0 aromatic heterocycles. The van der Waals surface area contributed by atoms with Crippen molar-refractivity contribution in [3.8, 4) is 0 Å². The van der Waals surface area contributed by atoms with E-state index in [0.29, 0.717) is 5.56 Å².